The molecule has 2 aromatic carbocycles. The standard InChI is InChI=1S/C18H18O3Te/c1-14(2)18(19)21-13-12-20-15-8-10-17(11-9-15)22-16-6-4-3-5-7-16/h3-11H,1,12-13H2,2H3. The Morgan fingerprint density at radius 2 is 1.64 bits per heavy atom. The Bertz CT molecular complexity index is 621. The van der Waals surface area contributed by atoms with Gasteiger partial charge < -0.3 is 0 Å². The van der Waals surface area contributed by atoms with Crippen molar-refractivity contribution in [2.45, 2.75) is 6.92 Å². The van der Waals surface area contributed by atoms with Crippen LogP contribution in [0.15, 0.2) is 66.7 Å². The van der Waals surface area contributed by atoms with E-state index in [1.807, 2.05) is 18.2 Å². The average molecular weight is 410 g/mol. The molecule has 0 spiro atoms. The fourth-order valence-electron chi connectivity index (χ4n) is 1.65. The van der Waals surface area contributed by atoms with Crippen molar-refractivity contribution in [3.8, 4) is 5.75 Å². The molecule has 4 heteroatoms. The number of carbonyl (C=O) groups excluding carboxylic acids is 1. The van der Waals surface area contributed by atoms with E-state index in [2.05, 4.69) is 43.0 Å². The molecule has 0 atom stereocenters. The van der Waals surface area contributed by atoms with Gasteiger partial charge in [-0.1, -0.05) is 0 Å². The van der Waals surface area contributed by atoms with Gasteiger partial charge in [0.2, 0.25) is 0 Å². The van der Waals surface area contributed by atoms with Crippen molar-refractivity contribution in [2.75, 3.05) is 13.2 Å². The van der Waals surface area contributed by atoms with E-state index in [1.165, 1.54) is 7.22 Å². The third kappa shape index (κ3) is 5.55. The summed E-state index contributed by atoms with van der Waals surface area (Å²) in [6.45, 7) is 5.72. The van der Waals surface area contributed by atoms with Crippen LogP contribution in [-0.2, 0) is 9.53 Å². The van der Waals surface area contributed by atoms with E-state index in [9.17, 15) is 4.79 Å². The van der Waals surface area contributed by atoms with E-state index in [-0.39, 0.29) is 33.5 Å². The van der Waals surface area contributed by atoms with Gasteiger partial charge in [0.25, 0.3) is 0 Å². The molecule has 0 N–H and O–H groups in total. The second kappa shape index (κ2) is 8.63. The summed E-state index contributed by atoms with van der Waals surface area (Å²) in [5.41, 5.74) is 0.398. The molecule has 0 aliphatic carbocycles. The van der Waals surface area contributed by atoms with Gasteiger partial charge in [-0.2, -0.15) is 0 Å². The molecule has 114 valence electrons. The van der Waals surface area contributed by atoms with Gasteiger partial charge in [-0.05, 0) is 0 Å². The zero-order valence-corrected chi connectivity index (χ0v) is 14.8. The van der Waals surface area contributed by atoms with Crippen molar-refractivity contribution in [1.29, 1.82) is 0 Å². The van der Waals surface area contributed by atoms with Gasteiger partial charge in [0.05, 0.1) is 0 Å². The van der Waals surface area contributed by atoms with Crippen LogP contribution in [-0.4, -0.2) is 40.1 Å². The first-order chi connectivity index (χ1) is 10.6. The fourth-order valence-corrected chi connectivity index (χ4v) is 4.04. The Hall–Kier alpha value is -1.76. The number of ether oxygens (including phenoxy) is 2. The monoisotopic (exact) mass is 412 g/mol. The summed E-state index contributed by atoms with van der Waals surface area (Å²) in [6.07, 6.45) is 0. The normalized spacial score (nSPS) is 10.0. The molecule has 3 nitrogen and oxygen atoms in total. The third-order valence-corrected chi connectivity index (χ3v) is 5.64. The van der Waals surface area contributed by atoms with Gasteiger partial charge in [0.1, 0.15) is 0 Å². The van der Waals surface area contributed by atoms with Crippen LogP contribution in [0.2, 0.25) is 0 Å². The zero-order valence-electron chi connectivity index (χ0n) is 12.5. The third-order valence-electron chi connectivity index (χ3n) is 2.74. The van der Waals surface area contributed by atoms with Crippen molar-refractivity contribution >= 4 is 34.1 Å². The Labute approximate surface area is 141 Å². The average Bonchev–Trinajstić information content (AvgIpc) is 2.53. The quantitative estimate of drug-likeness (QED) is 0.303. The summed E-state index contributed by atoms with van der Waals surface area (Å²) in [5.74, 6) is 0.406. The molecule has 0 amide bonds. The summed E-state index contributed by atoms with van der Waals surface area (Å²) in [4.78, 5) is 11.2. The molecule has 0 aromatic heterocycles. The number of hydrogen-bond acceptors (Lipinski definition) is 3. The SMILES string of the molecule is C=C(C)C(=O)OCCOc1ccc([Te]c2ccccc2)cc1. The Morgan fingerprint density at radius 3 is 2.27 bits per heavy atom. The van der Waals surface area contributed by atoms with Crippen LogP contribution >= 0.6 is 0 Å². The van der Waals surface area contributed by atoms with Crippen molar-refractivity contribution in [3.05, 3.63) is 66.7 Å². The summed E-state index contributed by atoms with van der Waals surface area (Å²) in [5, 5.41) is 0. The summed E-state index contributed by atoms with van der Waals surface area (Å²) in [6, 6.07) is 18.6. The molecule has 0 unspecified atom stereocenters. The van der Waals surface area contributed by atoms with Crippen molar-refractivity contribution in [1.82, 2.24) is 0 Å². The van der Waals surface area contributed by atoms with Crippen LogP contribution in [0.25, 0.3) is 0 Å². The van der Waals surface area contributed by atoms with Crippen LogP contribution in [0.4, 0.5) is 0 Å². The van der Waals surface area contributed by atoms with E-state index in [1.54, 1.807) is 6.92 Å². The molecule has 0 saturated heterocycles. The summed E-state index contributed by atoms with van der Waals surface area (Å²) >= 11 is -0.343. The van der Waals surface area contributed by atoms with Gasteiger partial charge in [-0.3, -0.25) is 0 Å². The summed E-state index contributed by atoms with van der Waals surface area (Å²) < 4.78 is 13.3. The van der Waals surface area contributed by atoms with Crippen LogP contribution < -0.4 is 12.0 Å². The van der Waals surface area contributed by atoms with Crippen LogP contribution in [0, 0.1) is 0 Å². The molecule has 2 rings (SSSR count). The van der Waals surface area contributed by atoms with Crippen LogP contribution in [0.1, 0.15) is 6.92 Å². The van der Waals surface area contributed by atoms with E-state index in [0.29, 0.717) is 12.2 Å². The van der Waals surface area contributed by atoms with Crippen molar-refractivity contribution in [3.63, 3.8) is 0 Å². The molecular formula is C18H18O3Te. The maximum atomic E-state index is 11.2. The first kappa shape index (κ1) is 16.6. The van der Waals surface area contributed by atoms with Gasteiger partial charge in [0, 0.05) is 0 Å². The van der Waals surface area contributed by atoms with Crippen molar-refractivity contribution < 1.29 is 14.3 Å². The zero-order chi connectivity index (χ0) is 15.8. The number of carbonyl (C=O) groups is 1. The second-order valence-corrected chi connectivity index (χ2v) is 7.92. The van der Waals surface area contributed by atoms with Crippen LogP contribution in [0.3, 0.4) is 0 Å². The molecule has 0 saturated carbocycles. The summed E-state index contributed by atoms with van der Waals surface area (Å²) in [7, 11) is 0. The Morgan fingerprint density at radius 1 is 1.00 bits per heavy atom. The van der Waals surface area contributed by atoms with Gasteiger partial charge >= 0.3 is 141 Å². The number of rotatable bonds is 7. The number of hydrogen-bond donors (Lipinski definition) is 0. The van der Waals surface area contributed by atoms with E-state index in [4.69, 9.17) is 9.47 Å². The molecule has 0 bridgehead atoms. The van der Waals surface area contributed by atoms with Crippen molar-refractivity contribution in [2.24, 2.45) is 0 Å². The molecular weight excluding hydrogens is 392 g/mol. The van der Waals surface area contributed by atoms with Gasteiger partial charge in [-0.25, -0.2) is 0 Å². The Balaban J connectivity index is 1.77. The fraction of sp³-hybridized carbons (Fsp3) is 0.167. The predicted octanol–water partition coefficient (Wildman–Crippen LogP) is 1.84. The first-order valence-corrected chi connectivity index (χ1v) is 9.26. The molecule has 0 aliphatic heterocycles. The number of esters is 1. The van der Waals surface area contributed by atoms with Gasteiger partial charge in [0.15, 0.2) is 0 Å². The topological polar surface area (TPSA) is 35.5 Å². The molecule has 0 fully saturated rings. The predicted molar refractivity (Wildman–Crippen MR) is 89.2 cm³/mol. The van der Waals surface area contributed by atoms with E-state index >= 15 is 0 Å². The molecule has 0 aliphatic rings. The molecule has 0 heterocycles. The minimum absolute atomic E-state index is 0.228. The molecule has 0 radical (unpaired) electrons. The van der Waals surface area contributed by atoms with Gasteiger partial charge in [-0.15, -0.1) is 0 Å². The first-order valence-electron chi connectivity index (χ1n) is 6.93. The van der Waals surface area contributed by atoms with E-state index < -0.39 is 0 Å². The Kier molecular flexibility index (Phi) is 6.51. The van der Waals surface area contributed by atoms with Crippen LogP contribution in [0.5, 0.6) is 5.75 Å². The second-order valence-electron chi connectivity index (χ2n) is 4.65. The minimum atomic E-state index is -0.382. The maximum absolute atomic E-state index is 11.2. The van der Waals surface area contributed by atoms with E-state index in [0.717, 1.165) is 5.75 Å². The molecule has 2 aromatic rings. The molecule has 22 heavy (non-hydrogen) atoms. The number of benzene rings is 2.